The minimum atomic E-state index is 0.0634. The number of ether oxygens (including phenoxy) is 1. The predicted molar refractivity (Wildman–Crippen MR) is 93.8 cm³/mol. The Morgan fingerprint density at radius 1 is 1.43 bits per heavy atom. The Balaban J connectivity index is 2.02. The average molecular weight is 318 g/mol. The van der Waals surface area contributed by atoms with Gasteiger partial charge < -0.3 is 10.1 Å². The molecule has 23 heavy (non-hydrogen) atoms. The summed E-state index contributed by atoms with van der Waals surface area (Å²) in [6.07, 6.45) is 2.39. The Morgan fingerprint density at radius 2 is 2.22 bits per heavy atom. The Kier molecular flexibility index (Phi) is 6.46. The van der Waals surface area contributed by atoms with Gasteiger partial charge in [0.15, 0.2) is 0 Å². The Labute approximate surface area is 140 Å². The largest absolute Gasteiger partial charge is 0.496 e. The number of nitrogens with one attached hydrogen (secondary N) is 1. The number of amides is 1. The minimum Gasteiger partial charge on any atom is -0.496 e. The minimum absolute atomic E-state index is 0.0634. The van der Waals surface area contributed by atoms with E-state index in [0.717, 1.165) is 31.9 Å². The van der Waals surface area contributed by atoms with Crippen LogP contribution in [0, 0.1) is 5.92 Å². The topological polar surface area (TPSA) is 41.6 Å². The van der Waals surface area contributed by atoms with Crippen molar-refractivity contribution in [1.29, 1.82) is 0 Å². The van der Waals surface area contributed by atoms with E-state index in [9.17, 15) is 4.79 Å². The number of hydrogen-bond donors (Lipinski definition) is 1. The predicted octanol–water partition coefficient (Wildman–Crippen LogP) is 3.17. The van der Waals surface area contributed by atoms with Crippen LogP contribution in [0.2, 0.25) is 0 Å². The third-order valence-corrected chi connectivity index (χ3v) is 4.61. The number of methoxy groups -OCH3 is 1. The molecule has 128 valence electrons. The van der Waals surface area contributed by atoms with Crippen molar-refractivity contribution in [2.75, 3.05) is 26.7 Å². The fourth-order valence-corrected chi connectivity index (χ4v) is 3.27. The molecular formula is C19H30N2O2. The zero-order valence-corrected chi connectivity index (χ0v) is 14.9. The Bertz CT molecular complexity index is 528. The van der Waals surface area contributed by atoms with Crippen LogP contribution in [-0.2, 0) is 11.3 Å². The van der Waals surface area contributed by atoms with Crippen LogP contribution in [0.25, 0.3) is 0 Å². The smallest absolute Gasteiger partial charge is 0.216 e. The van der Waals surface area contributed by atoms with Gasteiger partial charge in [-0.25, -0.2) is 0 Å². The molecule has 0 spiro atoms. The van der Waals surface area contributed by atoms with Crippen molar-refractivity contribution < 1.29 is 9.53 Å². The van der Waals surface area contributed by atoms with E-state index >= 15 is 0 Å². The summed E-state index contributed by atoms with van der Waals surface area (Å²) in [6.45, 7) is 9.88. The summed E-state index contributed by atoms with van der Waals surface area (Å²) < 4.78 is 5.54. The van der Waals surface area contributed by atoms with Crippen molar-refractivity contribution in [1.82, 2.24) is 10.2 Å². The van der Waals surface area contributed by atoms with E-state index in [1.54, 1.807) is 14.0 Å². The standard InChI is InChI=1S/C19H30N2O2/c1-14(2)17-7-8-19(23-4)18(10-17)13-21-9-5-6-16(12-21)11-20-15(3)22/h7-8,10,14,16H,5-6,9,11-13H2,1-4H3,(H,20,22)/t16-/m0/s1. The molecule has 1 heterocycles. The lowest BCUT2D eigenvalue weighted by Crippen LogP contribution is -2.40. The fraction of sp³-hybridized carbons (Fsp3) is 0.632. The first-order valence-electron chi connectivity index (χ1n) is 8.63. The SMILES string of the molecule is COc1ccc(C(C)C)cc1CN1CCC[C@@H](CNC(C)=O)C1. The monoisotopic (exact) mass is 318 g/mol. The molecule has 0 radical (unpaired) electrons. The summed E-state index contributed by atoms with van der Waals surface area (Å²) in [5.41, 5.74) is 2.62. The molecule has 1 aromatic rings. The fourth-order valence-electron chi connectivity index (χ4n) is 3.27. The van der Waals surface area contributed by atoms with Crippen LogP contribution in [0.1, 0.15) is 50.7 Å². The average Bonchev–Trinajstić information content (AvgIpc) is 2.53. The van der Waals surface area contributed by atoms with Crippen molar-refractivity contribution in [2.24, 2.45) is 5.92 Å². The number of nitrogens with zero attached hydrogens (tertiary/aromatic N) is 1. The molecule has 0 aromatic heterocycles. The lowest BCUT2D eigenvalue weighted by atomic mass is 9.96. The van der Waals surface area contributed by atoms with Gasteiger partial charge in [0.2, 0.25) is 5.91 Å². The van der Waals surface area contributed by atoms with Crippen molar-refractivity contribution in [2.45, 2.75) is 46.1 Å². The quantitative estimate of drug-likeness (QED) is 0.876. The van der Waals surface area contributed by atoms with Gasteiger partial charge in [-0.1, -0.05) is 26.0 Å². The second-order valence-electron chi connectivity index (χ2n) is 6.91. The number of piperidine rings is 1. The highest BCUT2D eigenvalue weighted by Crippen LogP contribution is 2.27. The zero-order valence-electron chi connectivity index (χ0n) is 14.9. The molecule has 4 heteroatoms. The van der Waals surface area contributed by atoms with Gasteiger partial charge in [-0.2, -0.15) is 0 Å². The van der Waals surface area contributed by atoms with Gasteiger partial charge in [0.25, 0.3) is 0 Å². The van der Waals surface area contributed by atoms with Crippen molar-refractivity contribution >= 4 is 5.91 Å². The summed E-state index contributed by atoms with van der Waals surface area (Å²) in [5, 5.41) is 2.96. The maximum atomic E-state index is 11.1. The van der Waals surface area contributed by atoms with E-state index in [0.29, 0.717) is 11.8 Å². The molecule has 0 unspecified atom stereocenters. The summed E-state index contributed by atoms with van der Waals surface area (Å²) in [5.74, 6) is 2.10. The van der Waals surface area contributed by atoms with Gasteiger partial charge in [0.1, 0.15) is 5.75 Å². The number of hydrogen-bond acceptors (Lipinski definition) is 3. The van der Waals surface area contributed by atoms with Gasteiger partial charge in [0, 0.05) is 32.1 Å². The van der Waals surface area contributed by atoms with E-state index in [1.165, 1.54) is 24.0 Å². The van der Waals surface area contributed by atoms with Gasteiger partial charge in [-0.3, -0.25) is 9.69 Å². The summed E-state index contributed by atoms with van der Waals surface area (Å²) in [4.78, 5) is 13.6. The van der Waals surface area contributed by atoms with Crippen LogP contribution in [-0.4, -0.2) is 37.6 Å². The molecule has 1 aliphatic heterocycles. The van der Waals surface area contributed by atoms with E-state index < -0.39 is 0 Å². The summed E-state index contributed by atoms with van der Waals surface area (Å²) >= 11 is 0. The molecule has 1 N–H and O–H groups in total. The molecule has 0 aliphatic carbocycles. The van der Waals surface area contributed by atoms with Crippen molar-refractivity contribution in [3.8, 4) is 5.75 Å². The van der Waals surface area contributed by atoms with Crippen LogP contribution >= 0.6 is 0 Å². The molecule has 4 nitrogen and oxygen atoms in total. The molecule has 0 saturated carbocycles. The molecule has 0 bridgehead atoms. The van der Waals surface area contributed by atoms with Crippen LogP contribution in [0.5, 0.6) is 5.75 Å². The zero-order chi connectivity index (χ0) is 16.8. The van der Waals surface area contributed by atoms with Gasteiger partial charge >= 0.3 is 0 Å². The number of carbonyl (C=O) groups is 1. The summed E-state index contributed by atoms with van der Waals surface area (Å²) in [7, 11) is 1.74. The number of carbonyl (C=O) groups excluding carboxylic acids is 1. The molecule has 1 aliphatic rings. The van der Waals surface area contributed by atoms with E-state index in [1.807, 2.05) is 0 Å². The molecule has 1 amide bonds. The third-order valence-electron chi connectivity index (χ3n) is 4.61. The van der Waals surface area contributed by atoms with Crippen molar-refractivity contribution in [3.63, 3.8) is 0 Å². The van der Waals surface area contributed by atoms with E-state index in [4.69, 9.17) is 4.74 Å². The van der Waals surface area contributed by atoms with Gasteiger partial charge in [-0.05, 0) is 42.9 Å². The highest BCUT2D eigenvalue weighted by atomic mass is 16.5. The summed E-state index contributed by atoms with van der Waals surface area (Å²) in [6, 6.07) is 6.52. The van der Waals surface area contributed by atoms with Crippen LogP contribution in [0.4, 0.5) is 0 Å². The second kappa shape index (κ2) is 8.34. The number of rotatable bonds is 6. The second-order valence-corrected chi connectivity index (χ2v) is 6.91. The van der Waals surface area contributed by atoms with Gasteiger partial charge in [-0.15, -0.1) is 0 Å². The van der Waals surface area contributed by atoms with E-state index in [2.05, 4.69) is 42.3 Å². The maximum absolute atomic E-state index is 11.1. The molecule has 1 aromatic carbocycles. The maximum Gasteiger partial charge on any atom is 0.216 e. The normalized spacial score (nSPS) is 18.9. The Morgan fingerprint density at radius 3 is 2.87 bits per heavy atom. The van der Waals surface area contributed by atoms with Gasteiger partial charge in [0.05, 0.1) is 7.11 Å². The molecule has 2 rings (SSSR count). The van der Waals surface area contributed by atoms with E-state index in [-0.39, 0.29) is 5.91 Å². The first kappa shape index (κ1) is 17.8. The molecule has 1 saturated heterocycles. The molecule has 1 fully saturated rings. The highest BCUT2D eigenvalue weighted by Gasteiger charge is 2.21. The van der Waals surface area contributed by atoms with Crippen LogP contribution in [0.15, 0.2) is 18.2 Å². The van der Waals surface area contributed by atoms with Crippen LogP contribution in [0.3, 0.4) is 0 Å². The van der Waals surface area contributed by atoms with Crippen molar-refractivity contribution in [3.05, 3.63) is 29.3 Å². The lowest BCUT2D eigenvalue weighted by Gasteiger charge is -2.33. The first-order chi connectivity index (χ1) is 11.0. The third kappa shape index (κ3) is 5.24. The molecule has 1 atom stereocenters. The number of likely N-dealkylation sites (tertiary alicyclic amines) is 1. The lowest BCUT2D eigenvalue weighted by molar-refractivity contribution is -0.119. The first-order valence-corrected chi connectivity index (χ1v) is 8.63. The number of benzene rings is 1. The molecular weight excluding hydrogens is 288 g/mol. The van der Waals surface area contributed by atoms with Crippen LogP contribution < -0.4 is 10.1 Å². The Hall–Kier alpha value is -1.55. The highest BCUT2D eigenvalue weighted by molar-refractivity contribution is 5.72.